The highest BCUT2D eigenvalue weighted by molar-refractivity contribution is 6.20. The van der Waals surface area contributed by atoms with Crippen molar-refractivity contribution in [1.82, 2.24) is 5.06 Å². The fourth-order valence-electron chi connectivity index (χ4n) is 10.8. The largest absolute Gasteiger partial charge is 0.285 e. The Morgan fingerprint density at radius 2 is 1.51 bits per heavy atom. The maximum atomic E-state index is 12.9. The molecule has 1 heterocycles. The predicted octanol–water partition coefficient (Wildman–Crippen LogP) is 8.70. The van der Waals surface area contributed by atoms with Crippen LogP contribution >= 0.6 is 0 Å². The maximum absolute atomic E-state index is 12.9. The van der Waals surface area contributed by atoms with Crippen molar-refractivity contribution in [3.05, 3.63) is 35.4 Å². The second-order valence-electron chi connectivity index (χ2n) is 15.1. The molecular formula is C35H51NO3. The lowest BCUT2D eigenvalue weighted by molar-refractivity contribution is -0.182. The summed E-state index contributed by atoms with van der Waals surface area (Å²) in [5, 5.41) is 1.07. The van der Waals surface area contributed by atoms with Crippen LogP contribution < -0.4 is 0 Å². The first-order valence-corrected chi connectivity index (χ1v) is 16.3. The number of imide groups is 1. The first kappa shape index (κ1) is 27.5. The summed E-state index contributed by atoms with van der Waals surface area (Å²) in [6.45, 7) is 12.6. The van der Waals surface area contributed by atoms with Crippen molar-refractivity contribution >= 4 is 11.8 Å². The van der Waals surface area contributed by atoms with Gasteiger partial charge in [0.1, 0.15) is 0 Å². The third-order valence-electron chi connectivity index (χ3n) is 12.8. The second kappa shape index (κ2) is 10.3. The molecule has 214 valence electrons. The van der Waals surface area contributed by atoms with Gasteiger partial charge >= 0.3 is 0 Å². The number of hydrogen-bond acceptors (Lipinski definition) is 3. The van der Waals surface area contributed by atoms with Gasteiger partial charge in [-0.05, 0) is 122 Å². The molecule has 0 bridgehead atoms. The third kappa shape index (κ3) is 4.52. The summed E-state index contributed by atoms with van der Waals surface area (Å²) >= 11 is 0. The van der Waals surface area contributed by atoms with Crippen molar-refractivity contribution in [2.24, 2.45) is 52.3 Å². The van der Waals surface area contributed by atoms with Crippen LogP contribution in [0, 0.1) is 52.3 Å². The van der Waals surface area contributed by atoms with E-state index in [2.05, 4.69) is 34.6 Å². The van der Waals surface area contributed by atoms with Crippen LogP contribution in [0.4, 0.5) is 0 Å². The van der Waals surface area contributed by atoms with Gasteiger partial charge < -0.3 is 0 Å². The molecule has 4 heteroatoms. The molecule has 4 nitrogen and oxygen atoms in total. The van der Waals surface area contributed by atoms with E-state index < -0.39 is 0 Å². The first-order valence-electron chi connectivity index (χ1n) is 16.3. The molecule has 4 fully saturated rings. The average molecular weight is 534 g/mol. The van der Waals surface area contributed by atoms with Gasteiger partial charge in [0.2, 0.25) is 0 Å². The van der Waals surface area contributed by atoms with E-state index in [0.717, 1.165) is 59.8 Å². The molecule has 0 spiro atoms. The van der Waals surface area contributed by atoms with Gasteiger partial charge in [0.15, 0.2) is 0 Å². The summed E-state index contributed by atoms with van der Waals surface area (Å²) in [5.41, 5.74) is 1.84. The van der Waals surface area contributed by atoms with Gasteiger partial charge in [-0.1, -0.05) is 66.0 Å². The Kier molecular flexibility index (Phi) is 7.26. The van der Waals surface area contributed by atoms with Crippen molar-refractivity contribution in [2.45, 2.75) is 118 Å². The Balaban J connectivity index is 1.10. The van der Waals surface area contributed by atoms with Crippen molar-refractivity contribution in [1.29, 1.82) is 0 Å². The van der Waals surface area contributed by atoms with Crippen LogP contribution in [0.3, 0.4) is 0 Å². The minimum Gasteiger partial charge on any atom is -0.266 e. The summed E-state index contributed by atoms with van der Waals surface area (Å²) in [6, 6.07) is 7.09. The Morgan fingerprint density at radius 1 is 0.846 bits per heavy atom. The van der Waals surface area contributed by atoms with Crippen LogP contribution in [0.5, 0.6) is 0 Å². The molecule has 5 aliphatic rings. The standard InChI is InChI=1S/C35H51NO3/c1-22(2)9-8-10-23(3)29-15-16-30-28-14-13-24-21-25(17-19-34(24,4)31(28)18-20-35(29,30)5)39-36-32(37)26-11-6-7-12-27(26)33(36)38/h6-7,11-12,22-25,28-31H,8-10,13-21H2,1-5H3/t23-,24+,25-,28+,29-,30+,31+,34+,35-/m1/s1. The normalized spacial score (nSPS) is 40.3. The summed E-state index contributed by atoms with van der Waals surface area (Å²) in [4.78, 5) is 32.0. The van der Waals surface area contributed by atoms with E-state index >= 15 is 0 Å². The molecule has 4 saturated carbocycles. The predicted molar refractivity (Wildman–Crippen MR) is 155 cm³/mol. The molecule has 0 N–H and O–H groups in total. The van der Waals surface area contributed by atoms with Gasteiger partial charge in [0.25, 0.3) is 11.8 Å². The lowest BCUT2D eigenvalue weighted by Crippen LogP contribution is -2.54. The summed E-state index contributed by atoms with van der Waals surface area (Å²) < 4.78 is 0. The third-order valence-corrected chi connectivity index (χ3v) is 12.8. The molecule has 6 rings (SSSR count). The van der Waals surface area contributed by atoms with Crippen LogP contribution in [0.15, 0.2) is 24.3 Å². The fourth-order valence-corrected chi connectivity index (χ4v) is 10.8. The van der Waals surface area contributed by atoms with E-state index in [4.69, 9.17) is 4.84 Å². The number of carbonyl (C=O) groups excluding carboxylic acids is 2. The van der Waals surface area contributed by atoms with Crippen LogP contribution in [0.25, 0.3) is 0 Å². The smallest absolute Gasteiger partial charge is 0.266 e. The van der Waals surface area contributed by atoms with E-state index in [1.165, 1.54) is 57.8 Å². The maximum Gasteiger partial charge on any atom is 0.285 e. The number of amides is 2. The molecule has 9 atom stereocenters. The Bertz CT molecular complexity index is 1060. The van der Waals surface area contributed by atoms with Gasteiger partial charge in [-0.15, -0.1) is 5.06 Å². The molecular weight excluding hydrogens is 482 g/mol. The minimum absolute atomic E-state index is 0.0433. The Morgan fingerprint density at radius 3 is 2.21 bits per heavy atom. The molecule has 39 heavy (non-hydrogen) atoms. The minimum atomic E-state index is -0.298. The SMILES string of the molecule is CC(C)CCC[C@@H](C)[C@H]1CC[C@H]2[C@@H]3CC[C@H]4C[C@H](ON5C(=O)c6ccccc6C5=O)CC[C@]4(C)[C@H]3CC[C@]12C. The van der Waals surface area contributed by atoms with Crippen molar-refractivity contribution in [3.63, 3.8) is 0 Å². The van der Waals surface area contributed by atoms with Gasteiger partial charge in [0.05, 0.1) is 17.2 Å². The highest BCUT2D eigenvalue weighted by Gasteiger charge is 2.60. The van der Waals surface area contributed by atoms with E-state index in [9.17, 15) is 9.59 Å². The number of fused-ring (bicyclic) bond motifs is 6. The monoisotopic (exact) mass is 533 g/mol. The fraction of sp³-hybridized carbons (Fsp3) is 0.771. The second-order valence-corrected chi connectivity index (χ2v) is 15.1. The highest BCUT2D eigenvalue weighted by Crippen LogP contribution is 2.68. The number of rotatable bonds is 7. The number of carbonyl (C=O) groups is 2. The molecule has 0 saturated heterocycles. The lowest BCUT2D eigenvalue weighted by Gasteiger charge is -2.61. The van der Waals surface area contributed by atoms with Crippen molar-refractivity contribution in [3.8, 4) is 0 Å². The zero-order chi connectivity index (χ0) is 27.5. The van der Waals surface area contributed by atoms with E-state index in [1.807, 2.05) is 12.1 Å². The topological polar surface area (TPSA) is 46.6 Å². The molecule has 4 aliphatic carbocycles. The quantitative estimate of drug-likeness (QED) is 0.329. The molecule has 0 radical (unpaired) electrons. The lowest BCUT2D eigenvalue weighted by atomic mass is 9.44. The molecule has 0 aromatic heterocycles. The molecule has 0 unspecified atom stereocenters. The Labute approximate surface area is 236 Å². The summed E-state index contributed by atoms with van der Waals surface area (Å²) in [7, 11) is 0. The Hall–Kier alpha value is -1.68. The number of hydroxylamine groups is 2. The van der Waals surface area contributed by atoms with Gasteiger partial charge in [-0.3, -0.25) is 14.4 Å². The average Bonchev–Trinajstić information content (AvgIpc) is 3.38. The van der Waals surface area contributed by atoms with Crippen molar-refractivity contribution < 1.29 is 14.4 Å². The molecule has 1 aromatic carbocycles. The van der Waals surface area contributed by atoms with E-state index in [-0.39, 0.29) is 17.9 Å². The number of benzene rings is 1. The molecule has 2 amide bonds. The summed E-state index contributed by atoms with van der Waals surface area (Å²) in [6.07, 6.45) is 15.6. The molecule has 1 aromatic rings. The number of nitrogens with zero attached hydrogens (tertiary/aromatic N) is 1. The zero-order valence-corrected chi connectivity index (χ0v) is 25.1. The van der Waals surface area contributed by atoms with Gasteiger partial charge in [-0.25, -0.2) is 0 Å². The highest BCUT2D eigenvalue weighted by atomic mass is 16.7. The van der Waals surface area contributed by atoms with Crippen LogP contribution in [0.1, 0.15) is 132 Å². The first-order chi connectivity index (χ1) is 18.6. The van der Waals surface area contributed by atoms with Crippen LogP contribution in [-0.4, -0.2) is 23.0 Å². The van der Waals surface area contributed by atoms with Crippen LogP contribution in [-0.2, 0) is 4.84 Å². The number of hydrogen-bond donors (Lipinski definition) is 0. The van der Waals surface area contributed by atoms with E-state index in [0.29, 0.717) is 27.9 Å². The van der Waals surface area contributed by atoms with Crippen LogP contribution in [0.2, 0.25) is 0 Å². The zero-order valence-electron chi connectivity index (χ0n) is 25.1. The van der Waals surface area contributed by atoms with Crippen molar-refractivity contribution in [2.75, 3.05) is 0 Å². The summed E-state index contributed by atoms with van der Waals surface area (Å²) in [5.74, 6) is 5.23. The van der Waals surface area contributed by atoms with Gasteiger partial charge in [-0.2, -0.15) is 0 Å². The van der Waals surface area contributed by atoms with Gasteiger partial charge in [0, 0.05) is 0 Å². The van der Waals surface area contributed by atoms with E-state index in [1.54, 1.807) is 12.1 Å². The molecule has 1 aliphatic heterocycles.